The van der Waals surface area contributed by atoms with E-state index in [0.29, 0.717) is 31.9 Å². The zero-order chi connectivity index (χ0) is 20.1. The Bertz CT molecular complexity index is 820. The summed E-state index contributed by atoms with van der Waals surface area (Å²) in [6.45, 7) is 9.38. The van der Waals surface area contributed by atoms with Gasteiger partial charge in [-0.1, -0.05) is 6.92 Å². The second-order valence-corrected chi connectivity index (χ2v) is 8.22. The van der Waals surface area contributed by atoms with Gasteiger partial charge in [0.2, 0.25) is 0 Å². The van der Waals surface area contributed by atoms with Gasteiger partial charge in [-0.15, -0.1) is 11.3 Å². The van der Waals surface area contributed by atoms with Crippen LogP contribution in [0.15, 0.2) is 30.0 Å². The summed E-state index contributed by atoms with van der Waals surface area (Å²) in [5.74, 6) is 1.09. The molecule has 0 radical (unpaired) electrons. The van der Waals surface area contributed by atoms with E-state index < -0.39 is 0 Å². The number of ether oxygens (including phenoxy) is 1. The number of aromatic nitrogens is 3. The quantitative estimate of drug-likeness (QED) is 0.716. The van der Waals surface area contributed by atoms with Gasteiger partial charge in [0.25, 0.3) is 5.91 Å². The predicted molar refractivity (Wildman–Crippen MR) is 112 cm³/mol. The number of piperazine rings is 1. The number of rotatable bonds is 6. The van der Waals surface area contributed by atoms with Gasteiger partial charge in [-0.3, -0.25) is 9.69 Å². The molecule has 0 aliphatic carbocycles. The fourth-order valence-corrected chi connectivity index (χ4v) is 4.37. The van der Waals surface area contributed by atoms with E-state index >= 15 is 0 Å². The van der Waals surface area contributed by atoms with Crippen LogP contribution in [0.3, 0.4) is 0 Å². The number of allylic oxidation sites excluding steroid dienone is 1. The molecule has 2 fully saturated rings. The SMILES string of the molecule is CC/C=C(\N1CCN(Cc2nccs2)CC1)n1cc(C(=O)N2CCOCC2)cn1. The van der Waals surface area contributed by atoms with Crippen molar-refractivity contribution in [3.05, 3.63) is 40.6 Å². The van der Waals surface area contributed by atoms with E-state index in [4.69, 9.17) is 4.74 Å². The Morgan fingerprint density at radius 2 is 1.97 bits per heavy atom. The van der Waals surface area contributed by atoms with Crippen LogP contribution in [-0.2, 0) is 11.3 Å². The molecule has 4 rings (SSSR count). The molecule has 0 aromatic carbocycles. The van der Waals surface area contributed by atoms with Gasteiger partial charge >= 0.3 is 0 Å². The van der Waals surface area contributed by atoms with Gasteiger partial charge in [0.1, 0.15) is 10.8 Å². The Balaban J connectivity index is 1.40. The van der Waals surface area contributed by atoms with Crippen LogP contribution in [0, 0.1) is 0 Å². The Hall–Kier alpha value is -2.23. The molecular weight excluding hydrogens is 388 g/mol. The molecule has 4 heterocycles. The minimum absolute atomic E-state index is 0.0312. The predicted octanol–water partition coefficient (Wildman–Crippen LogP) is 1.84. The second-order valence-electron chi connectivity index (χ2n) is 7.24. The van der Waals surface area contributed by atoms with Crippen LogP contribution in [0.5, 0.6) is 0 Å². The molecule has 0 spiro atoms. The summed E-state index contributed by atoms with van der Waals surface area (Å²) in [6, 6.07) is 0. The average Bonchev–Trinajstić information content (AvgIpc) is 3.45. The summed E-state index contributed by atoms with van der Waals surface area (Å²) >= 11 is 1.71. The highest BCUT2D eigenvalue weighted by molar-refractivity contribution is 7.09. The van der Waals surface area contributed by atoms with Gasteiger partial charge in [0.05, 0.1) is 31.5 Å². The Morgan fingerprint density at radius 1 is 1.17 bits per heavy atom. The normalized spacial score (nSPS) is 19.0. The molecule has 9 heteroatoms. The lowest BCUT2D eigenvalue weighted by atomic mass is 10.3. The van der Waals surface area contributed by atoms with Crippen LogP contribution in [0.25, 0.3) is 5.82 Å². The first-order valence-corrected chi connectivity index (χ1v) is 11.1. The van der Waals surface area contributed by atoms with Gasteiger partial charge in [-0.05, 0) is 12.5 Å². The highest BCUT2D eigenvalue weighted by atomic mass is 32.1. The summed E-state index contributed by atoms with van der Waals surface area (Å²) in [5, 5.41) is 7.71. The largest absolute Gasteiger partial charge is 0.378 e. The maximum atomic E-state index is 12.7. The number of thiazole rings is 1. The molecule has 0 saturated carbocycles. The lowest BCUT2D eigenvalue weighted by molar-refractivity contribution is 0.0303. The van der Waals surface area contributed by atoms with Crippen molar-refractivity contribution in [2.45, 2.75) is 19.9 Å². The molecule has 2 aliphatic rings. The molecule has 0 atom stereocenters. The number of carbonyl (C=O) groups excluding carboxylic acids is 1. The summed E-state index contributed by atoms with van der Waals surface area (Å²) in [4.78, 5) is 23.8. The van der Waals surface area contributed by atoms with Crippen LogP contribution in [0.1, 0.15) is 28.7 Å². The van der Waals surface area contributed by atoms with E-state index in [2.05, 4.69) is 32.9 Å². The highest BCUT2D eigenvalue weighted by Crippen LogP contribution is 2.18. The molecule has 1 amide bonds. The first kappa shape index (κ1) is 20.1. The van der Waals surface area contributed by atoms with Crippen molar-refractivity contribution >= 4 is 23.1 Å². The van der Waals surface area contributed by atoms with Crippen molar-refractivity contribution in [3.8, 4) is 0 Å². The zero-order valence-corrected chi connectivity index (χ0v) is 17.7. The topological polar surface area (TPSA) is 66.7 Å². The average molecular weight is 417 g/mol. The fourth-order valence-electron chi connectivity index (χ4n) is 3.72. The highest BCUT2D eigenvalue weighted by Gasteiger charge is 2.23. The maximum absolute atomic E-state index is 12.7. The third-order valence-electron chi connectivity index (χ3n) is 5.29. The van der Waals surface area contributed by atoms with Gasteiger partial charge in [-0.2, -0.15) is 5.10 Å². The molecule has 2 aliphatic heterocycles. The number of hydrogen-bond acceptors (Lipinski definition) is 7. The minimum atomic E-state index is 0.0312. The van der Waals surface area contributed by atoms with Gasteiger partial charge in [0, 0.05) is 57.0 Å². The molecule has 2 aromatic rings. The number of hydrogen-bond donors (Lipinski definition) is 0. The molecule has 8 nitrogen and oxygen atoms in total. The summed E-state index contributed by atoms with van der Waals surface area (Å²) in [5.41, 5.74) is 0.635. The third-order valence-corrected chi connectivity index (χ3v) is 6.05. The first-order chi connectivity index (χ1) is 14.2. The van der Waals surface area contributed by atoms with Crippen molar-refractivity contribution in [1.82, 2.24) is 29.5 Å². The molecule has 2 saturated heterocycles. The van der Waals surface area contributed by atoms with E-state index in [1.807, 2.05) is 27.4 Å². The summed E-state index contributed by atoms with van der Waals surface area (Å²) < 4.78 is 7.20. The van der Waals surface area contributed by atoms with Crippen LogP contribution >= 0.6 is 11.3 Å². The van der Waals surface area contributed by atoms with Crippen LogP contribution in [0.4, 0.5) is 0 Å². The number of amides is 1. The second kappa shape index (κ2) is 9.51. The van der Waals surface area contributed by atoms with Crippen molar-refractivity contribution < 1.29 is 9.53 Å². The van der Waals surface area contributed by atoms with Crippen molar-refractivity contribution in [3.63, 3.8) is 0 Å². The van der Waals surface area contributed by atoms with E-state index in [1.165, 1.54) is 5.01 Å². The molecular formula is C20H28N6O2S. The van der Waals surface area contributed by atoms with E-state index in [1.54, 1.807) is 17.5 Å². The van der Waals surface area contributed by atoms with Crippen LogP contribution in [0.2, 0.25) is 0 Å². The monoisotopic (exact) mass is 416 g/mol. The molecule has 0 unspecified atom stereocenters. The summed E-state index contributed by atoms with van der Waals surface area (Å²) in [6.07, 6.45) is 8.51. The van der Waals surface area contributed by atoms with Gasteiger partial charge < -0.3 is 14.5 Å². The van der Waals surface area contributed by atoms with Crippen LogP contribution in [-0.4, -0.2) is 87.9 Å². The first-order valence-electron chi connectivity index (χ1n) is 10.2. The zero-order valence-electron chi connectivity index (χ0n) is 16.9. The fraction of sp³-hybridized carbons (Fsp3) is 0.550. The lowest BCUT2D eigenvalue weighted by Gasteiger charge is -2.36. The number of morpholine rings is 1. The Kier molecular flexibility index (Phi) is 6.58. The maximum Gasteiger partial charge on any atom is 0.257 e. The van der Waals surface area contributed by atoms with Crippen molar-refractivity contribution in [1.29, 1.82) is 0 Å². The van der Waals surface area contributed by atoms with Crippen molar-refractivity contribution in [2.24, 2.45) is 0 Å². The van der Waals surface area contributed by atoms with E-state index in [-0.39, 0.29) is 5.91 Å². The Morgan fingerprint density at radius 3 is 2.66 bits per heavy atom. The van der Waals surface area contributed by atoms with E-state index in [0.717, 1.165) is 45.0 Å². The summed E-state index contributed by atoms with van der Waals surface area (Å²) in [7, 11) is 0. The van der Waals surface area contributed by atoms with Crippen LogP contribution < -0.4 is 0 Å². The molecule has 0 bridgehead atoms. The Labute approximate surface area is 175 Å². The minimum Gasteiger partial charge on any atom is -0.378 e. The van der Waals surface area contributed by atoms with Crippen molar-refractivity contribution in [2.75, 3.05) is 52.5 Å². The standard InChI is InChI=1S/C20H28N6O2S/c1-2-3-19(24-7-5-23(6-8-24)16-18-21-4-13-29-18)26-15-17(14-22-26)20(27)25-9-11-28-12-10-25/h3-4,13-15H,2,5-12,16H2,1H3/b19-3+. The number of carbonyl (C=O) groups is 1. The molecule has 156 valence electrons. The molecule has 2 aromatic heterocycles. The molecule has 29 heavy (non-hydrogen) atoms. The van der Waals surface area contributed by atoms with Gasteiger partial charge in [-0.25, -0.2) is 9.67 Å². The smallest absolute Gasteiger partial charge is 0.257 e. The van der Waals surface area contributed by atoms with Gasteiger partial charge in [0.15, 0.2) is 0 Å². The lowest BCUT2D eigenvalue weighted by Crippen LogP contribution is -2.45. The third kappa shape index (κ3) is 4.85. The number of nitrogens with zero attached hydrogens (tertiary/aromatic N) is 6. The van der Waals surface area contributed by atoms with E-state index in [9.17, 15) is 4.79 Å². The molecule has 0 N–H and O–H groups in total.